The normalized spacial score (nSPS) is 15.9. The number of aromatic nitrogens is 2. The molecule has 1 amide bonds. The average Bonchev–Trinajstić information content (AvgIpc) is 2.79. The largest absolute Gasteiger partial charge is 0.349 e. The number of nitrogens with one attached hydrogen (secondary N) is 1. The number of fused-ring (bicyclic) bond motifs is 1. The predicted octanol–water partition coefficient (Wildman–Crippen LogP) is 4.41. The van der Waals surface area contributed by atoms with E-state index in [1.807, 2.05) is 6.92 Å². The molecule has 142 valence electrons. The third kappa shape index (κ3) is 4.17. The minimum Gasteiger partial charge on any atom is -0.349 e. The van der Waals surface area contributed by atoms with Gasteiger partial charge >= 0.3 is 0 Å². The standard InChI is InChI=1S/C20H29N3O2S/c1-3-4-9-12-23-13-21-19-16(20(23)25)14(2)17(26-19)18(24)22-15-10-7-5-6-8-11-15/h13,15H,3-12H2,1-2H3,(H,22,24). The molecule has 1 fully saturated rings. The second kappa shape index (κ2) is 8.80. The summed E-state index contributed by atoms with van der Waals surface area (Å²) >= 11 is 1.34. The lowest BCUT2D eigenvalue weighted by atomic mass is 10.1. The summed E-state index contributed by atoms with van der Waals surface area (Å²) in [5.41, 5.74) is 0.756. The summed E-state index contributed by atoms with van der Waals surface area (Å²) in [6, 6.07) is 0.258. The molecule has 2 aromatic rings. The van der Waals surface area contributed by atoms with Crippen molar-refractivity contribution in [2.45, 2.75) is 84.2 Å². The Labute approximate surface area is 158 Å². The molecule has 0 bridgehead atoms. The summed E-state index contributed by atoms with van der Waals surface area (Å²) in [7, 11) is 0. The molecule has 0 atom stereocenters. The lowest BCUT2D eigenvalue weighted by molar-refractivity contribution is 0.0937. The average molecular weight is 376 g/mol. The van der Waals surface area contributed by atoms with Crippen molar-refractivity contribution in [1.82, 2.24) is 14.9 Å². The topological polar surface area (TPSA) is 64.0 Å². The van der Waals surface area contributed by atoms with Crippen molar-refractivity contribution in [3.05, 3.63) is 27.1 Å². The van der Waals surface area contributed by atoms with Crippen LogP contribution >= 0.6 is 11.3 Å². The number of nitrogens with zero attached hydrogens (tertiary/aromatic N) is 2. The first kappa shape index (κ1) is 19.1. The van der Waals surface area contributed by atoms with Crippen LogP contribution in [0.25, 0.3) is 10.2 Å². The Balaban J connectivity index is 1.82. The number of thiophene rings is 1. The van der Waals surface area contributed by atoms with Crippen LogP contribution in [0.1, 0.15) is 79.9 Å². The van der Waals surface area contributed by atoms with Gasteiger partial charge in [0.05, 0.1) is 16.6 Å². The van der Waals surface area contributed by atoms with Crippen molar-refractivity contribution in [3.63, 3.8) is 0 Å². The van der Waals surface area contributed by atoms with Gasteiger partial charge in [0, 0.05) is 12.6 Å². The smallest absolute Gasteiger partial charge is 0.262 e. The number of rotatable bonds is 6. The van der Waals surface area contributed by atoms with E-state index in [1.54, 1.807) is 10.9 Å². The SMILES string of the molecule is CCCCCn1cnc2sc(C(=O)NC3CCCCCC3)c(C)c2c1=O. The maximum Gasteiger partial charge on any atom is 0.262 e. The lowest BCUT2D eigenvalue weighted by Gasteiger charge is -2.15. The zero-order valence-corrected chi connectivity index (χ0v) is 16.7. The van der Waals surface area contributed by atoms with Gasteiger partial charge in [0.25, 0.3) is 11.5 Å². The number of amides is 1. The van der Waals surface area contributed by atoms with Crippen LogP contribution < -0.4 is 10.9 Å². The van der Waals surface area contributed by atoms with Gasteiger partial charge in [-0.05, 0) is 31.7 Å². The maximum atomic E-state index is 12.8. The highest BCUT2D eigenvalue weighted by molar-refractivity contribution is 7.20. The Kier molecular flexibility index (Phi) is 6.46. The van der Waals surface area contributed by atoms with Crippen LogP contribution in [-0.2, 0) is 6.54 Å². The molecule has 6 heteroatoms. The van der Waals surface area contributed by atoms with E-state index in [-0.39, 0.29) is 17.5 Å². The zero-order valence-electron chi connectivity index (χ0n) is 15.8. The van der Waals surface area contributed by atoms with E-state index in [4.69, 9.17) is 0 Å². The first-order valence-corrected chi connectivity index (χ1v) is 10.7. The fourth-order valence-electron chi connectivity index (χ4n) is 3.74. The van der Waals surface area contributed by atoms with Crippen molar-refractivity contribution < 1.29 is 4.79 Å². The number of aryl methyl sites for hydroxylation is 2. The van der Waals surface area contributed by atoms with Gasteiger partial charge in [-0.15, -0.1) is 11.3 Å². The van der Waals surface area contributed by atoms with E-state index in [9.17, 15) is 9.59 Å². The summed E-state index contributed by atoms with van der Waals surface area (Å²) in [6.45, 7) is 4.71. The van der Waals surface area contributed by atoms with Crippen molar-refractivity contribution >= 4 is 27.5 Å². The molecule has 0 aromatic carbocycles. The molecular weight excluding hydrogens is 346 g/mol. The van der Waals surface area contributed by atoms with Crippen molar-refractivity contribution in [1.29, 1.82) is 0 Å². The number of carbonyl (C=O) groups excluding carboxylic acids is 1. The number of unbranched alkanes of at least 4 members (excludes halogenated alkanes) is 2. The molecule has 0 spiro atoms. The van der Waals surface area contributed by atoms with E-state index in [2.05, 4.69) is 17.2 Å². The van der Waals surface area contributed by atoms with Gasteiger partial charge in [0.2, 0.25) is 0 Å². The molecule has 26 heavy (non-hydrogen) atoms. The van der Waals surface area contributed by atoms with Gasteiger partial charge in [-0.25, -0.2) is 4.98 Å². The molecule has 2 heterocycles. The van der Waals surface area contributed by atoms with Gasteiger partial charge in [0.15, 0.2) is 0 Å². The van der Waals surface area contributed by atoms with Gasteiger partial charge in [0.1, 0.15) is 4.83 Å². The minimum atomic E-state index is -0.0469. The zero-order chi connectivity index (χ0) is 18.5. The summed E-state index contributed by atoms with van der Waals surface area (Å²) < 4.78 is 1.69. The fourth-order valence-corrected chi connectivity index (χ4v) is 4.78. The van der Waals surface area contributed by atoms with Crippen LogP contribution in [0.5, 0.6) is 0 Å². The van der Waals surface area contributed by atoms with Crippen molar-refractivity contribution in [2.24, 2.45) is 0 Å². The van der Waals surface area contributed by atoms with Crippen LogP contribution in [0.3, 0.4) is 0 Å². The highest BCUT2D eigenvalue weighted by atomic mass is 32.1. The summed E-state index contributed by atoms with van der Waals surface area (Å²) in [5.74, 6) is -0.0469. The van der Waals surface area contributed by atoms with E-state index in [0.29, 0.717) is 21.6 Å². The Morgan fingerprint density at radius 1 is 1.27 bits per heavy atom. The summed E-state index contributed by atoms with van der Waals surface area (Å²) in [4.78, 5) is 31.4. The van der Waals surface area contributed by atoms with E-state index in [1.165, 1.54) is 37.0 Å². The summed E-state index contributed by atoms with van der Waals surface area (Å²) in [5, 5.41) is 3.80. The molecule has 0 saturated heterocycles. The molecule has 1 N–H and O–H groups in total. The highest BCUT2D eigenvalue weighted by Crippen LogP contribution is 2.27. The van der Waals surface area contributed by atoms with Crippen LogP contribution in [0.15, 0.2) is 11.1 Å². The minimum absolute atomic E-state index is 0.0200. The van der Waals surface area contributed by atoms with E-state index < -0.39 is 0 Å². The van der Waals surface area contributed by atoms with Gasteiger partial charge in [-0.3, -0.25) is 14.2 Å². The molecule has 1 saturated carbocycles. The van der Waals surface area contributed by atoms with Crippen LogP contribution in [0.2, 0.25) is 0 Å². The van der Waals surface area contributed by atoms with Gasteiger partial charge in [-0.1, -0.05) is 45.4 Å². The molecule has 3 rings (SSSR count). The Hall–Kier alpha value is -1.69. The monoisotopic (exact) mass is 375 g/mol. The van der Waals surface area contributed by atoms with Gasteiger partial charge < -0.3 is 5.32 Å². The quantitative estimate of drug-likeness (QED) is 0.601. The lowest BCUT2D eigenvalue weighted by Crippen LogP contribution is -2.34. The molecular formula is C20H29N3O2S. The van der Waals surface area contributed by atoms with E-state index in [0.717, 1.165) is 37.7 Å². The molecule has 2 aromatic heterocycles. The molecule has 1 aliphatic rings. The second-order valence-corrected chi connectivity index (χ2v) is 8.35. The Morgan fingerprint density at radius 2 is 2.00 bits per heavy atom. The Morgan fingerprint density at radius 3 is 2.69 bits per heavy atom. The number of hydrogen-bond acceptors (Lipinski definition) is 4. The molecule has 0 radical (unpaired) electrons. The van der Waals surface area contributed by atoms with Crippen molar-refractivity contribution in [3.8, 4) is 0 Å². The molecule has 1 aliphatic carbocycles. The third-order valence-electron chi connectivity index (χ3n) is 5.32. The van der Waals surface area contributed by atoms with Crippen molar-refractivity contribution in [2.75, 3.05) is 0 Å². The summed E-state index contributed by atoms with van der Waals surface area (Å²) in [6.07, 6.45) is 11.8. The second-order valence-electron chi connectivity index (χ2n) is 7.35. The van der Waals surface area contributed by atoms with Crippen LogP contribution in [0.4, 0.5) is 0 Å². The Bertz CT molecular complexity index is 816. The van der Waals surface area contributed by atoms with Gasteiger partial charge in [-0.2, -0.15) is 0 Å². The molecule has 5 nitrogen and oxygen atoms in total. The highest BCUT2D eigenvalue weighted by Gasteiger charge is 2.22. The fraction of sp³-hybridized carbons (Fsp3) is 0.650. The number of carbonyl (C=O) groups is 1. The molecule has 0 aliphatic heterocycles. The predicted molar refractivity (Wildman–Crippen MR) is 107 cm³/mol. The van der Waals surface area contributed by atoms with Crippen LogP contribution in [-0.4, -0.2) is 21.5 Å². The number of hydrogen-bond donors (Lipinski definition) is 1. The maximum absolute atomic E-state index is 12.8. The van der Waals surface area contributed by atoms with E-state index >= 15 is 0 Å². The first-order valence-electron chi connectivity index (χ1n) is 9.91. The third-order valence-corrected chi connectivity index (χ3v) is 6.52. The first-order chi connectivity index (χ1) is 12.6. The molecule has 0 unspecified atom stereocenters. The van der Waals surface area contributed by atoms with Crippen LogP contribution in [0, 0.1) is 6.92 Å².